The van der Waals surface area contributed by atoms with Crippen molar-refractivity contribution >= 4 is 15.9 Å². The summed E-state index contributed by atoms with van der Waals surface area (Å²) in [6.45, 7) is 0.381. The summed E-state index contributed by atoms with van der Waals surface area (Å²) < 4.78 is 27.2. The van der Waals surface area contributed by atoms with E-state index in [1.165, 1.54) is 6.07 Å². The normalized spacial score (nSPS) is 12.4. The molecule has 0 aliphatic heterocycles. The predicted molar refractivity (Wildman–Crippen MR) is 76.0 cm³/mol. The molecule has 0 saturated carbocycles. The Morgan fingerprint density at radius 3 is 2.42 bits per heavy atom. The largest absolute Gasteiger partial charge is 0.330 e. The van der Waals surface area contributed by atoms with Crippen molar-refractivity contribution < 1.29 is 8.78 Å². The summed E-state index contributed by atoms with van der Waals surface area (Å²) in [5, 5.41) is 0. The fourth-order valence-corrected chi connectivity index (χ4v) is 2.48. The predicted octanol–water partition coefficient (Wildman–Crippen LogP) is 4.01. The molecule has 1 unspecified atom stereocenters. The summed E-state index contributed by atoms with van der Waals surface area (Å²) in [5.74, 6) is -1.70. The Hall–Kier alpha value is -1.26. The molecular weight excluding hydrogens is 312 g/mol. The smallest absolute Gasteiger partial charge is 0.159 e. The summed E-state index contributed by atoms with van der Waals surface area (Å²) >= 11 is 3.48. The third-order valence-electron chi connectivity index (χ3n) is 3.12. The average molecular weight is 326 g/mol. The molecule has 2 aromatic carbocycles. The first-order valence-electron chi connectivity index (χ1n) is 6.00. The molecule has 100 valence electrons. The number of halogens is 3. The molecule has 0 aromatic heterocycles. The minimum Gasteiger partial charge on any atom is -0.330 e. The molecule has 0 fully saturated rings. The summed E-state index contributed by atoms with van der Waals surface area (Å²) in [6.07, 6.45) is 0.684. The van der Waals surface area contributed by atoms with Gasteiger partial charge in [0.1, 0.15) is 0 Å². The van der Waals surface area contributed by atoms with Crippen LogP contribution in [0.15, 0.2) is 46.9 Å². The van der Waals surface area contributed by atoms with Gasteiger partial charge in [-0.05, 0) is 42.3 Å². The fraction of sp³-hybridized carbons (Fsp3) is 0.200. The first-order chi connectivity index (χ1) is 9.11. The Labute approximate surface area is 119 Å². The number of rotatable bonds is 4. The molecule has 0 radical (unpaired) electrons. The maximum Gasteiger partial charge on any atom is 0.159 e. The van der Waals surface area contributed by atoms with Crippen LogP contribution in [0.2, 0.25) is 0 Å². The molecule has 4 heteroatoms. The summed E-state index contributed by atoms with van der Waals surface area (Å²) in [4.78, 5) is 0. The number of hydrogen-bond donors (Lipinski definition) is 1. The Morgan fingerprint density at radius 2 is 1.79 bits per heavy atom. The maximum absolute atomic E-state index is 13.3. The van der Waals surface area contributed by atoms with E-state index in [9.17, 15) is 8.78 Å². The second-order valence-corrected chi connectivity index (χ2v) is 5.26. The van der Waals surface area contributed by atoms with E-state index >= 15 is 0 Å². The van der Waals surface area contributed by atoms with Gasteiger partial charge in [0.15, 0.2) is 11.6 Å². The van der Waals surface area contributed by atoms with Crippen molar-refractivity contribution in [1.82, 2.24) is 0 Å². The molecule has 0 saturated heterocycles. The summed E-state index contributed by atoms with van der Waals surface area (Å²) in [7, 11) is 0. The molecule has 0 aliphatic carbocycles. The van der Waals surface area contributed by atoms with Gasteiger partial charge in [0, 0.05) is 10.4 Å². The first-order valence-corrected chi connectivity index (χ1v) is 6.79. The molecule has 0 spiro atoms. The molecule has 0 heterocycles. The van der Waals surface area contributed by atoms with E-state index in [1.807, 2.05) is 24.3 Å². The molecule has 2 aromatic rings. The highest BCUT2D eigenvalue weighted by Crippen LogP contribution is 2.25. The van der Waals surface area contributed by atoms with E-state index in [4.69, 9.17) is 5.73 Å². The number of nitrogens with two attached hydrogens (primary N) is 1. The zero-order valence-corrected chi connectivity index (χ0v) is 11.8. The van der Waals surface area contributed by atoms with Crippen molar-refractivity contribution in [3.05, 3.63) is 69.7 Å². The van der Waals surface area contributed by atoms with Crippen LogP contribution in [-0.2, 0) is 6.42 Å². The minimum absolute atomic E-state index is 0.0335. The van der Waals surface area contributed by atoms with Crippen molar-refractivity contribution in [2.24, 2.45) is 5.73 Å². The first kappa shape index (κ1) is 14.2. The number of hydrogen-bond acceptors (Lipinski definition) is 1. The van der Waals surface area contributed by atoms with Gasteiger partial charge in [-0.1, -0.05) is 40.2 Å². The highest BCUT2D eigenvalue weighted by Gasteiger charge is 2.14. The van der Waals surface area contributed by atoms with Crippen LogP contribution in [0.4, 0.5) is 8.78 Å². The van der Waals surface area contributed by atoms with Gasteiger partial charge in [-0.25, -0.2) is 8.78 Å². The molecular formula is C15H14BrF2N. The lowest BCUT2D eigenvalue weighted by molar-refractivity contribution is 0.505. The second-order valence-electron chi connectivity index (χ2n) is 4.40. The van der Waals surface area contributed by atoms with Gasteiger partial charge in [-0.15, -0.1) is 0 Å². The van der Waals surface area contributed by atoms with Crippen LogP contribution < -0.4 is 5.73 Å². The van der Waals surface area contributed by atoms with E-state index in [1.54, 1.807) is 6.07 Å². The summed E-state index contributed by atoms with van der Waals surface area (Å²) in [6, 6.07) is 11.8. The highest BCUT2D eigenvalue weighted by atomic mass is 79.9. The molecule has 1 atom stereocenters. The Kier molecular flexibility index (Phi) is 4.66. The Bertz CT molecular complexity index is 572. The molecule has 2 N–H and O–H groups in total. The van der Waals surface area contributed by atoms with Crippen LogP contribution in [-0.4, -0.2) is 6.54 Å². The monoisotopic (exact) mass is 325 g/mol. The van der Waals surface area contributed by atoms with Gasteiger partial charge in [0.05, 0.1) is 0 Å². The quantitative estimate of drug-likeness (QED) is 0.903. The lowest BCUT2D eigenvalue weighted by Gasteiger charge is -2.16. The zero-order valence-electron chi connectivity index (χ0n) is 10.2. The van der Waals surface area contributed by atoms with Crippen molar-refractivity contribution in [2.45, 2.75) is 12.3 Å². The molecule has 2 rings (SSSR count). The highest BCUT2D eigenvalue weighted by molar-refractivity contribution is 9.10. The van der Waals surface area contributed by atoms with E-state index in [-0.39, 0.29) is 5.92 Å². The van der Waals surface area contributed by atoms with Crippen molar-refractivity contribution in [3.63, 3.8) is 0 Å². The molecule has 0 bridgehead atoms. The minimum atomic E-state index is -0.833. The van der Waals surface area contributed by atoms with Crippen LogP contribution in [0.25, 0.3) is 0 Å². The van der Waals surface area contributed by atoms with Crippen LogP contribution in [0.3, 0.4) is 0 Å². The van der Waals surface area contributed by atoms with Crippen LogP contribution in [0.5, 0.6) is 0 Å². The van der Waals surface area contributed by atoms with Gasteiger partial charge < -0.3 is 5.73 Å². The lowest BCUT2D eigenvalue weighted by atomic mass is 9.92. The third kappa shape index (κ3) is 3.39. The van der Waals surface area contributed by atoms with Gasteiger partial charge in [-0.3, -0.25) is 0 Å². The van der Waals surface area contributed by atoms with Crippen molar-refractivity contribution in [3.8, 4) is 0 Å². The number of benzene rings is 2. The summed E-state index contributed by atoms with van der Waals surface area (Å²) in [5.41, 5.74) is 7.58. The topological polar surface area (TPSA) is 26.0 Å². The molecule has 19 heavy (non-hydrogen) atoms. The van der Waals surface area contributed by atoms with Gasteiger partial charge in [0.2, 0.25) is 0 Å². The van der Waals surface area contributed by atoms with Gasteiger partial charge >= 0.3 is 0 Å². The van der Waals surface area contributed by atoms with Gasteiger partial charge in [-0.2, -0.15) is 0 Å². The molecule has 1 nitrogen and oxygen atoms in total. The van der Waals surface area contributed by atoms with Crippen molar-refractivity contribution in [2.75, 3.05) is 6.54 Å². The molecule has 0 amide bonds. The zero-order chi connectivity index (χ0) is 13.8. The van der Waals surface area contributed by atoms with E-state index in [0.29, 0.717) is 13.0 Å². The SMILES string of the molecule is NCC(Cc1ccccc1Br)c1ccc(F)c(F)c1. The molecule has 0 aliphatic rings. The van der Waals surface area contributed by atoms with E-state index < -0.39 is 11.6 Å². The van der Waals surface area contributed by atoms with E-state index in [0.717, 1.165) is 21.7 Å². The second kappa shape index (κ2) is 6.26. The Balaban J connectivity index is 2.25. The fourth-order valence-electron chi connectivity index (χ4n) is 2.03. The van der Waals surface area contributed by atoms with E-state index in [2.05, 4.69) is 15.9 Å². The van der Waals surface area contributed by atoms with Crippen LogP contribution >= 0.6 is 15.9 Å². The lowest BCUT2D eigenvalue weighted by Crippen LogP contribution is -2.15. The maximum atomic E-state index is 13.3. The Morgan fingerprint density at radius 1 is 1.05 bits per heavy atom. The standard InChI is InChI=1S/C15H14BrF2N/c16-13-4-2-1-3-11(13)7-12(9-19)10-5-6-14(17)15(18)8-10/h1-6,8,12H,7,9,19H2. The van der Waals surface area contributed by atoms with Crippen LogP contribution in [0.1, 0.15) is 17.0 Å². The third-order valence-corrected chi connectivity index (χ3v) is 3.90. The van der Waals surface area contributed by atoms with Gasteiger partial charge in [0.25, 0.3) is 0 Å². The average Bonchev–Trinajstić information content (AvgIpc) is 2.41. The van der Waals surface area contributed by atoms with Crippen molar-refractivity contribution in [1.29, 1.82) is 0 Å². The van der Waals surface area contributed by atoms with Crippen LogP contribution in [0, 0.1) is 11.6 Å².